The first-order chi connectivity index (χ1) is 11.8. The molecule has 1 amide bonds. The highest BCUT2D eigenvalue weighted by atomic mass is 16.4. The van der Waals surface area contributed by atoms with Gasteiger partial charge in [-0.3, -0.25) is 14.8 Å². The predicted molar refractivity (Wildman–Crippen MR) is 96.8 cm³/mol. The molecule has 8 heteroatoms. The molecule has 138 valence electrons. The van der Waals surface area contributed by atoms with Crippen LogP contribution < -0.4 is 5.32 Å². The highest BCUT2D eigenvalue weighted by molar-refractivity contribution is 5.87. The number of hydrogen-bond acceptors (Lipinski definition) is 5. The van der Waals surface area contributed by atoms with Crippen LogP contribution in [0.2, 0.25) is 0 Å². The molecule has 0 atom stereocenters. The Kier molecular flexibility index (Phi) is 8.55. The fourth-order valence-electron chi connectivity index (χ4n) is 2.27. The molecule has 1 aromatic rings. The van der Waals surface area contributed by atoms with Crippen molar-refractivity contribution in [2.24, 2.45) is 4.99 Å². The molecule has 1 heterocycles. The summed E-state index contributed by atoms with van der Waals surface area (Å²) in [4.78, 5) is 35.0. The Morgan fingerprint density at radius 2 is 2.04 bits per heavy atom. The number of aliphatic imine (C=N–C) groups is 1. The van der Waals surface area contributed by atoms with E-state index in [1.54, 1.807) is 19.0 Å². The fraction of sp³-hybridized carbons (Fsp3) is 0.529. The summed E-state index contributed by atoms with van der Waals surface area (Å²) in [5.41, 5.74) is 0.773. The van der Waals surface area contributed by atoms with Crippen LogP contribution in [0.1, 0.15) is 28.9 Å². The summed E-state index contributed by atoms with van der Waals surface area (Å²) in [6, 6.07) is 2.93. The van der Waals surface area contributed by atoms with Gasteiger partial charge in [0, 0.05) is 53.9 Å². The number of carbonyl (C=O) groups excluding carboxylic acids is 1. The molecule has 0 aliphatic heterocycles. The Labute approximate surface area is 148 Å². The summed E-state index contributed by atoms with van der Waals surface area (Å²) in [5, 5.41) is 11.9. The zero-order valence-corrected chi connectivity index (χ0v) is 15.3. The molecule has 0 saturated carbocycles. The molecule has 0 fully saturated rings. The molecule has 0 aromatic carbocycles. The van der Waals surface area contributed by atoms with Crippen LogP contribution in [0.25, 0.3) is 0 Å². The SMILES string of the molecule is CN=C(CCCN(C)C(=O)CNCc1cc(C(=O)O)ccn1)N(C)C. The van der Waals surface area contributed by atoms with Gasteiger partial charge in [-0.2, -0.15) is 0 Å². The van der Waals surface area contributed by atoms with Crippen LogP contribution in [0, 0.1) is 0 Å². The maximum atomic E-state index is 12.1. The molecule has 0 unspecified atom stereocenters. The molecule has 0 bridgehead atoms. The summed E-state index contributed by atoms with van der Waals surface area (Å²) in [5.74, 6) is -0.00948. The lowest BCUT2D eigenvalue weighted by Gasteiger charge is -2.19. The van der Waals surface area contributed by atoms with Gasteiger partial charge in [0.05, 0.1) is 23.6 Å². The fourth-order valence-corrected chi connectivity index (χ4v) is 2.27. The van der Waals surface area contributed by atoms with Gasteiger partial charge in [0.25, 0.3) is 0 Å². The molecule has 8 nitrogen and oxygen atoms in total. The molecule has 0 spiro atoms. The van der Waals surface area contributed by atoms with Gasteiger partial charge in [0.1, 0.15) is 0 Å². The van der Waals surface area contributed by atoms with Gasteiger partial charge < -0.3 is 20.2 Å². The van der Waals surface area contributed by atoms with Crippen LogP contribution in [0.3, 0.4) is 0 Å². The van der Waals surface area contributed by atoms with Gasteiger partial charge >= 0.3 is 5.97 Å². The Morgan fingerprint density at radius 3 is 2.64 bits per heavy atom. The lowest BCUT2D eigenvalue weighted by Crippen LogP contribution is -2.36. The van der Waals surface area contributed by atoms with Crippen LogP contribution in [0.4, 0.5) is 0 Å². The van der Waals surface area contributed by atoms with Gasteiger partial charge in [-0.1, -0.05) is 0 Å². The van der Waals surface area contributed by atoms with Crippen LogP contribution >= 0.6 is 0 Å². The third kappa shape index (κ3) is 7.30. The minimum absolute atomic E-state index is 0.0192. The van der Waals surface area contributed by atoms with Crippen molar-refractivity contribution in [2.45, 2.75) is 19.4 Å². The van der Waals surface area contributed by atoms with Crippen molar-refractivity contribution in [2.75, 3.05) is 41.3 Å². The summed E-state index contributed by atoms with van der Waals surface area (Å²) in [6.07, 6.45) is 3.11. The van der Waals surface area contributed by atoms with E-state index in [1.807, 2.05) is 19.0 Å². The molecule has 0 aliphatic carbocycles. The van der Waals surface area contributed by atoms with E-state index in [0.29, 0.717) is 18.8 Å². The maximum Gasteiger partial charge on any atom is 0.335 e. The average Bonchev–Trinajstić information content (AvgIpc) is 2.58. The monoisotopic (exact) mass is 349 g/mol. The number of nitrogens with zero attached hydrogens (tertiary/aromatic N) is 4. The van der Waals surface area contributed by atoms with Crippen molar-refractivity contribution in [3.05, 3.63) is 29.6 Å². The Balaban J connectivity index is 2.34. The number of aromatic carboxylic acids is 1. The van der Waals surface area contributed by atoms with E-state index < -0.39 is 5.97 Å². The number of carboxylic acids is 1. The third-order valence-electron chi connectivity index (χ3n) is 3.74. The maximum absolute atomic E-state index is 12.1. The number of aromatic nitrogens is 1. The number of rotatable bonds is 9. The van der Waals surface area contributed by atoms with Crippen molar-refractivity contribution in [1.29, 1.82) is 0 Å². The highest BCUT2D eigenvalue weighted by Crippen LogP contribution is 2.02. The van der Waals surface area contributed by atoms with Gasteiger partial charge in [-0.25, -0.2) is 4.79 Å². The normalized spacial score (nSPS) is 11.3. The summed E-state index contributed by atoms with van der Waals surface area (Å²) < 4.78 is 0. The summed E-state index contributed by atoms with van der Waals surface area (Å²) in [7, 11) is 7.44. The molecular formula is C17H27N5O3. The van der Waals surface area contributed by atoms with Gasteiger partial charge in [0.2, 0.25) is 5.91 Å². The largest absolute Gasteiger partial charge is 0.478 e. The van der Waals surface area contributed by atoms with Crippen LogP contribution in [0.5, 0.6) is 0 Å². The zero-order chi connectivity index (χ0) is 18.8. The van der Waals surface area contributed by atoms with Crippen molar-refractivity contribution in [3.8, 4) is 0 Å². The van der Waals surface area contributed by atoms with E-state index >= 15 is 0 Å². The minimum atomic E-state index is -0.993. The molecule has 0 radical (unpaired) electrons. The molecule has 1 aromatic heterocycles. The molecule has 1 rings (SSSR count). The average molecular weight is 349 g/mol. The van der Waals surface area contributed by atoms with Crippen LogP contribution in [-0.2, 0) is 11.3 Å². The first-order valence-electron chi connectivity index (χ1n) is 8.11. The molecule has 0 saturated heterocycles. The minimum Gasteiger partial charge on any atom is -0.478 e. The van der Waals surface area contributed by atoms with E-state index in [4.69, 9.17) is 5.11 Å². The summed E-state index contributed by atoms with van der Waals surface area (Å²) in [6.45, 7) is 1.17. The van der Waals surface area contributed by atoms with E-state index in [0.717, 1.165) is 18.7 Å². The third-order valence-corrected chi connectivity index (χ3v) is 3.74. The number of carboxylic acid groups (broad SMARTS) is 1. The number of pyridine rings is 1. The number of hydrogen-bond donors (Lipinski definition) is 2. The van der Waals surface area contributed by atoms with E-state index in [2.05, 4.69) is 15.3 Å². The number of carbonyl (C=O) groups is 2. The van der Waals surface area contributed by atoms with Crippen molar-refractivity contribution in [3.63, 3.8) is 0 Å². The predicted octanol–water partition coefficient (Wildman–Crippen LogP) is 0.698. The Morgan fingerprint density at radius 1 is 1.32 bits per heavy atom. The standard InChI is InChI=1S/C17H27N5O3/c1-18-15(21(2)3)6-5-9-22(4)16(23)12-19-11-14-10-13(17(24)25)7-8-20-14/h7-8,10,19H,5-6,9,11-12H2,1-4H3,(H,24,25). The second-order valence-electron chi connectivity index (χ2n) is 5.90. The van der Waals surface area contributed by atoms with Crippen molar-refractivity contribution in [1.82, 2.24) is 20.1 Å². The molecular weight excluding hydrogens is 322 g/mol. The van der Waals surface area contributed by atoms with Gasteiger partial charge in [-0.15, -0.1) is 0 Å². The van der Waals surface area contributed by atoms with Crippen molar-refractivity contribution < 1.29 is 14.7 Å². The second-order valence-corrected chi connectivity index (χ2v) is 5.90. The second kappa shape index (κ2) is 10.4. The quantitative estimate of drug-likeness (QED) is 0.503. The lowest BCUT2D eigenvalue weighted by molar-refractivity contribution is -0.129. The number of amidine groups is 1. The van der Waals surface area contributed by atoms with Crippen LogP contribution in [0.15, 0.2) is 23.3 Å². The number of likely N-dealkylation sites (N-methyl/N-ethyl adjacent to an activating group) is 1. The topological polar surface area (TPSA) is 98.1 Å². The molecule has 2 N–H and O–H groups in total. The first-order valence-corrected chi connectivity index (χ1v) is 8.11. The lowest BCUT2D eigenvalue weighted by atomic mass is 10.2. The zero-order valence-electron chi connectivity index (χ0n) is 15.3. The van der Waals surface area contributed by atoms with E-state index in [1.165, 1.54) is 18.3 Å². The van der Waals surface area contributed by atoms with Crippen LogP contribution in [-0.4, -0.2) is 78.9 Å². The number of nitrogens with one attached hydrogen (secondary N) is 1. The Hall–Kier alpha value is -2.48. The van der Waals surface area contributed by atoms with E-state index in [9.17, 15) is 9.59 Å². The smallest absolute Gasteiger partial charge is 0.335 e. The molecule has 25 heavy (non-hydrogen) atoms. The summed E-state index contributed by atoms with van der Waals surface area (Å²) >= 11 is 0. The molecule has 0 aliphatic rings. The van der Waals surface area contributed by atoms with Gasteiger partial charge in [-0.05, 0) is 18.6 Å². The van der Waals surface area contributed by atoms with E-state index in [-0.39, 0.29) is 18.0 Å². The van der Waals surface area contributed by atoms with Gasteiger partial charge in [0.15, 0.2) is 0 Å². The Bertz CT molecular complexity index is 616. The van der Waals surface area contributed by atoms with Crippen molar-refractivity contribution >= 4 is 17.7 Å². The number of amides is 1. The highest BCUT2D eigenvalue weighted by Gasteiger charge is 2.10. The first kappa shape index (κ1) is 20.6.